The summed E-state index contributed by atoms with van der Waals surface area (Å²) in [6.45, 7) is 2.76. The molecule has 1 aromatic carbocycles. The average molecular weight is 234 g/mol. The molecule has 2 rings (SSSR count). The number of amidine groups is 1. The van der Waals surface area contributed by atoms with Gasteiger partial charge in [0.1, 0.15) is 5.75 Å². The highest BCUT2D eigenvalue weighted by Gasteiger charge is 2.18. The Labute approximate surface area is 101 Å². The van der Waals surface area contributed by atoms with Crippen molar-refractivity contribution in [2.45, 2.75) is 26.2 Å². The van der Waals surface area contributed by atoms with Gasteiger partial charge in [-0.15, -0.1) is 0 Å². The van der Waals surface area contributed by atoms with E-state index < -0.39 is 0 Å². The smallest absolute Gasteiger partial charge is 0.170 e. The number of nitrogens with zero attached hydrogens (tertiary/aromatic N) is 1. The van der Waals surface area contributed by atoms with Gasteiger partial charge in [-0.3, -0.25) is 0 Å². The van der Waals surface area contributed by atoms with E-state index in [2.05, 4.69) is 5.16 Å². The Bertz CT molecular complexity index is 425. The third-order valence-corrected chi connectivity index (χ3v) is 3.29. The first kappa shape index (κ1) is 11.8. The van der Waals surface area contributed by atoms with E-state index in [0.29, 0.717) is 11.5 Å². The molecule has 0 amide bonds. The van der Waals surface area contributed by atoms with Gasteiger partial charge in [0.15, 0.2) is 5.84 Å². The number of ether oxygens (including phenoxy) is 1. The van der Waals surface area contributed by atoms with Crippen molar-refractivity contribution in [3.05, 3.63) is 29.3 Å². The minimum absolute atomic E-state index is 0.110. The monoisotopic (exact) mass is 234 g/mol. The summed E-state index contributed by atoms with van der Waals surface area (Å²) in [7, 11) is 0. The number of benzene rings is 1. The molecule has 0 saturated heterocycles. The van der Waals surface area contributed by atoms with Crippen LogP contribution in [0.4, 0.5) is 0 Å². The zero-order valence-electron chi connectivity index (χ0n) is 10.0. The predicted molar refractivity (Wildman–Crippen MR) is 66.5 cm³/mol. The fraction of sp³-hybridized carbons (Fsp3) is 0.462. The van der Waals surface area contributed by atoms with Crippen molar-refractivity contribution in [3.63, 3.8) is 0 Å². The molecule has 1 fully saturated rings. The quantitative estimate of drug-likeness (QED) is 0.363. The van der Waals surface area contributed by atoms with Crippen LogP contribution in [0.3, 0.4) is 0 Å². The number of aryl methyl sites for hydroxylation is 1. The fourth-order valence-corrected chi connectivity index (χ4v) is 1.84. The number of hydrogen-bond donors (Lipinski definition) is 2. The molecule has 0 radical (unpaired) electrons. The van der Waals surface area contributed by atoms with E-state index >= 15 is 0 Å². The maximum absolute atomic E-state index is 8.64. The number of rotatable bonds is 4. The van der Waals surface area contributed by atoms with Gasteiger partial charge in [0.25, 0.3) is 0 Å². The zero-order chi connectivity index (χ0) is 12.3. The van der Waals surface area contributed by atoms with Crippen molar-refractivity contribution in [2.75, 3.05) is 6.61 Å². The van der Waals surface area contributed by atoms with Crippen molar-refractivity contribution in [3.8, 4) is 5.75 Å². The topological polar surface area (TPSA) is 67.8 Å². The van der Waals surface area contributed by atoms with E-state index in [1.54, 1.807) is 0 Å². The minimum Gasteiger partial charge on any atom is -0.493 e. The molecule has 17 heavy (non-hydrogen) atoms. The van der Waals surface area contributed by atoms with Gasteiger partial charge in [-0.1, -0.05) is 23.7 Å². The van der Waals surface area contributed by atoms with E-state index in [9.17, 15) is 0 Å². The molecule has 4 heteroatoms. The van der Waals surface area contributed by atoms with Gasteiger partial charge >= 0.3 is 0 Å². The summed E-state index contributed by atoms with van der Waals surface area (Å²) in [6, 6.07) is 5.56. The first-order valence-electron chi connectivity index (χ1n) is 5.92. The van der Waals surface area contributed by atoms with Gasteiger partial charge in [-0.25, -0.2) is 0 Å². The Hall–Kier alpha value is -1.71. The lowest BCUT2D eigenvalue weighted by molar-refractivity contribution is 0.180. The molecule has 3 N–H and O–H groups in total. The normalized spacial score (nSPS) is 16.6. The predicted octanol–water partition coefficient (Wildman–Crippen LogP) is 2.27. The van der Waals surface area contributed by atoms with Gasteiger partial charge in [0.05, 0.1) is 6.61 Å². The molecule has 0 bridgehead atoms. The second-order valence-electron chi connectivity index (χ2n) is 4.57. The summed E-state index contributed by atoms with van der Waals surface area (Å²) < 4.78 is 5.78. The lowest BCUT2D eigenvalue weighted by Crippen LogP contribution is -2.20. The summed E-state index contributed by atoms with van der Waals surface area (Å²) in [4.78, 5) is 0. The van der Waals surface area contributed by atoms with Crippen LogP contribution >= 0.6 is 0 Å². The van der Waals surface area contributed by atoms with Gasteiger partial charge in [-0.05, 0) is 37.3 Å². The van der Waals surface area contributed by atoms with Crippen LogP contribution < -0.4 is 10.5 Å². The average Bonchev–Trinajstić information content (AvgIpc) is 2.28. The first-order chi connectivity index (χ1) is 8.20. The van der Waals surface area contributed by atoms with Crippen LogP contribution in [0.25, 0.3) is 0 Å². The molecular weight excluding hydrogens is 216 g/mol. The lowest BCUT2D eigenvalue weighted by atomic mass is 9.86. The van der Waals surface area contributed by atoms with Crippen molar-refractivity contribution >= 4 is 5.84 Å². The zero-order valence-corrected chi connectivity index (χ0v) is 10.0. The third-order valence-electron chi connectivity index (χ3n) is 3.29. The minimum atomic E-state index is 0.110. The standard InChI is InChI=1S/C13H18N2O2/c1-9-5-6-11(13(14)15-16)7-12(9)17-8-10-3-2-4-10/h5-7,10,16H,2-4,8H2,1H3,(H2,14,15). The Morgan fingerprint density at radius 2 is 2.29 bits per heavy atom. The number of hydrogen-bond acceptors (Lipinski definition) is 3. The van der Waals surface area contributed by atoms with Crippen LogP contribution in [0.5, 0.6) is 5.75 Å². The highest BCUT2D eigenvalue weighted by atomic mass is 16.5. The largest absolute Gasteiger partial charge is 0.493 e. The summed E-state index contributed by atoms with van der Waals surface area (Å²) >= 11 is 0. The molecule has 0 spiro atoms. The molecule has 0 heterocycles. The molecule has 1 aliphatic carbocycles. The van der Waals surface area contributed by atoms with Gasteiger partial charge in [0.2, 0.25) is 0 Å². The maximum atomic E-state index is 8.64. The Morgan fingerprint density at radius 1 is 1.53 bits per heavy atom. The summed E-state index contributed by atoms with van der Waals surface area (Å²) in [5.41, 5.74) is 7.30. The second kappa shape index (κ2) is 5.08. The van der Waals surface area contributed by atoms with E-state index in [4.69, 9.17) is 15.7 Å². The van der Waals surface area contributed by atoms with Crippen LogP contribution in [-0.4, -0.2) is 17.6 Å². The highest BCUT2D eigenvalue weighted by molar-refractivity contribution is 5.97. The van der Waals surface area contributed by atoms with E-state index in [0.717, 1.165) is 17.9 Å². The Kier molecular flexibility index (Phi) is 3.52. The summed E-state index contributed by atoms with van der Waals surface area (Å²) in [5.74, 6) is 1.63. The molecule has 1 aliphatic rings. The number of oxime groups is 1. The third kappa shape index (κ3) is 2.70. The van der Waals surface area contributed by atoms with Crippen LogP contribution in [0.2, 0.25) is 0 Å². The van der Waals surface area contributed by atoms with Crippen molar-refractivity contribution in [1.82, 2.24) is 0 Å². The Morgan fingerprint density at radius 3 is 2.88 bits per heavy atom. The van der Waals surface area contributed by atoms with Gasteiger partial charge in [0, 0.05) is 5.56 Å². The Balaban J connectivity index is 2.08. The number of nitrogens with two attached hydrogens (primary N) is 1. The molecular formula is C13H18N2O2. The maximum Gasteiger partial charge on any atom is 0.170 e. The summed E-state index contributed by atoms with van der Waals surface area (Å²) in [5, 5.41) is 11.6. The van der Waals surface area contributed by atoms with Gasteiger partial charge < -0.3 is 15.7 Å². The molecule has 92 valence electrons. The SMILES string of the molecule is Cc1ccc(/C(N)=N/O)cc1OCC1CCC1. The molecule has 0 aromatic heterocycles. The second-order valence-corrected chi connectivity index (χ2v) is 4.57. The van der Waals surface area contributed by atoms with Crippen molar-refractivity contribution in [2.24, 2.45) is 16.8 Å². The van der Waals surface area contributed by atoms with Crippen molar-refractivity contribution < 1.29 is 9.94 Å². The molecule has 1 aromatic rings. The highest BCUT2D eigenvalue weighted by Crippen LogP contribution is 2.28. The lowest BCUT2D eigenvalue weighted by Gasteiger charge is -2.25. The molecule has 0 aliphatic heterocycles. The van der Waals surface area contributed by atoms with Crippen LogP contribution in [0, 0.1) is 12.8 Å². The van der Waals surface area contributed by atoms with Gasteiger partial charge in [-0.2, -0.15) is 0 Å². The fourth-order valence-electron chi connectivity index (χ4n) is 1.84. The van der Waals surface area contributed by atoms with E-state index in [1.165, 1.54) is 19.3 Å². The van der Waals surface area contributed by atoms with Crippen LogP contribution in [0.15, 0.2) is 23.4 Å². The van der Waals surface area contributed by atoms with E-state index in [-0.39, 0.29) is 5.84 Å². The van der Waals surface area contributed by atoms with Crippen LogP contribution in [-0.2, 0) is 0 Å². The molecule has 0 atom stereocenters. The molecule has 0 unspecified atom stereocenters. The molecule has 1 saturated carbocycles. The van der Waals surface area contributed by atoms with Crippen molar-refractivity contribution in [1.29, 1.82) is 0 Å². The first-order valence-corrected chi connectivity index (χ1v) is 5.92. The molecule has 4 nitrogen and oxygen atoms in total. The van der Waals surface area contributed by atoms with Crippen LogP contribution in [0.1, 0.15) is 30.4 Å². The summed E-state index contributed by atoms with van der Waals surface area (Å²) in [6.07, 6.45) is 3.84. The van der Waals surface area contributed by atoms with E-state index in [1.807, 2.05) is 25.1 Å².